The molecule has 2 amide bonds. The molecule has 0 aromatic carbocycles. The Kier molecular flexibility index (Phi) is 5.52. The van der Waals surface area contributed by atoms with E-state index in [1.54, 1.807) is 31.3 Å². The second-order valence-corrected chi connectivity index (χ2v) is 6.27. The Morgan fingerprint density at radius 1 is 1.42 bits per heavy atom. The first-order chi connectivity index (χ1) is 12.5. The van der Waals surface area contributed by atoms with E-state index in [4.69, 9.17) is 9.26 Å². The van der Waals surface area contributed by atoms with Crippen LogP contribution < -0.4 is 0 Å². The van der Waals surface area contributed by atoms with Gasteiger partial charge in [-0.15, -0.1) is 0 Å². The molecule has 0 spiro atoms. The molecule has 0 unspecified atom stereocenters. The quantitative estimate of drug-likeness (QED) is 0.549. The van der Waals surface area contributed by atoms with E-state index in [-0.39, 0.29) is 18.7 Å². The van der Waals surface area contributed by atoms with Gasteiger partial charge in [-0.2, -0.15) is 0 Å². The molecule has 2 aromatic rings. The summed E-state index contributed by atoms with van der Waals surface area (Å²) in [7, 11) is 0. The first-order valence-corrected chi connectivity index (χ1v) is 8.67. The molecule has 3 rings (SSSR count). The Bertz CT molecular complexity index is 837. The van der Waals surface area contributed by atoms with Gasteiger partial charge in [0.05, 0.1) is 17.8 Å². The minimum atomic E-state index is -0.730. The fraction of sp³-hybridized carbons (Fsp3) is 0.312. The van der Waals surface area contributed by atoms with E-state index in [9.17, 15) is 14.4 Å². The number of carbonyl (C=O) groups excluding carboxylic acids is 3. The number of aromatic nitrogens is 2. The minimum absolute atomic E-state index is 0.142. The van der Waals surface area contributed by atoms with Gasteiger partial charge in [0, 0.05) is 18.0 Å². The number of pyridine rings is 1. The average molecular weight is 377 g/mol. The van der Waals surface area contributed by atoms with E-state index >= 15 is 0 Å². The van der Waals surface area contributed by atoms with Gasteiger partial charge in [0.1, 0.15) is 17.4 Å². The summed E-state index contributed by atoms with van der Waals surface area (Å²) in [5.41, 5.74) is 0.953. The second-order valence-electron chi connectivity index (χ2n) is 5.31. The fourth-order valence-corrected chi connectivity index (χ4v) is 3.06. The van der Waals surface area contributed by atoms with Crippen LogP contribution in [0.25, 0.3) is 0 Å². The fourth-order valence-electron chi connectivity index (χ4n) is 2.19. The molecule has 0 N–H and O–H groups in total. The standard InChI is InChI=1S/C16H15N3O6S/c1-10-7-11(18-25-10)9-26-14-12(3-2-4-17-14)15(21)24-8-13(20)19-5-6-23-16(19)22/h2-4,7H,5-6,8-9H2,1H3. The first-order valence-electron chi connectivity index (χ1n) is 7.69. The Morgan fingerprint density at radius 2 is 2.27 bits per heavy atom. The Morgan fingerprint density at radius 3 is 2.96 bits per heavy atom. The highest BCUT2D eigenvalue weighted by atomic mass is 32.2. The molecule has 26 heavy (non-hydrogen) atoms. The van der Waals surface area contributed by atoms with Crippen LogP contribution in [-0.2, 0) is 20.0 Å². The van der Waals surface area contributed by atoms with Crippen LogP contribution in [0.2, 0.25) is 0 Å². The van der Waals surface area contributed by atoms with Crippen molar-refractivity contribution in [3.05, 3.63) is 41.4 Å². The number of nitrogens with zero attached hydrogens (tertiary/aromatic N) is 3. The summed E-state index contributed by atoms with van der Waals surface area (Å²) in [6.45, 7) is 1.54. The number of hydrogen-bond donors (Lipinski definition) is 0. The van der Waals surface area contributed by atoms with Crippen LogP contribution in [0.3, 0.4) is 0 Å². The topological polar surface area (TPSA) is 112 Å². The lowest BCUT2D eigenvalue weighted by atomic mass is 10.3. The number of ether oxygens (including phenoxy) is 2. The highest BCUT2D eigenvalue weighted by Crippen LogP contribution is 2.24. The van der Waals surface area contributed by atoms with Gasteiger partial charge in [-0.3, -0.25) is 4.79 Å². The molecule has 10 heteroatoms. The van der Waals surface area contributed by atoms with Crippen molar-refractivity contribution in [3.63, 3.8) is 0 Å². The molecule has 3 heterocycles. The van der Waals surface area contributed by atoms with Crippen molar-refractivity contribution in [3.8, 4) is 0 Å². The van der Waals surface area contributed by atoms with Crippen molar-refractivity contribution in [2.24, 2.45) is 0 Å². The van der Waals surface area contributed by atoms with Crippen molar-refractivity contribution in [2.45, 2.75) is 17.7 Å². The Balaban J connectivity index is 1.60. The van der Waals surface area contributed by atoms with Gasteiger partial charge >= 0.3 is 12.1 Å². The van der Waals surface area contributed by atoms with E-state index in [0.29, 0.717) is 16.5 Å². The third kappa shape index (κ3) is 4.20. The molecule has 0 saturated carbocycles. The molecule has 1 aliphatic heterocycles. The number of thioether (sulfide) groups is 1. The van der Waals surface area contributed by atoms with Crippen LogP contribution in [-0.4, -0.2) is 52.8 Å². The van der Waals surface area contributed by atoms with E-state index in [0.717, 1.165) is 10.6 Å². The maximum absolute atomic E-state index is 12.3. The first kappa shape index (κ1) is 17.9. The lowest BCUT2D eigenvalue weighted by Crippen LogP contribution is -2.35. The summed E-state index contributed by atoms with van der Waals surface area (Å²) >= 11 is 1.30. The van der Waals surface area contributed by atoms with Gasteiger partial charge in [0.2, 0.25) is 0 Å². The molecule has 1 aliphatic rings. The summed E-state index contributed by atoms with van der Waals surface area (Å²) in [4.78, 5) is 40.6. The van der Waals surface area contributed by atoms with Crippen molar-refractivity contribution in [1.82, 2.24) is 15.0 Å². The van der Waals surface area contributed by atoms with E-state index in [1.165, 1.54) is 11.8 Å². The SMILES string of the molecule is Cc1cc(CSc2ncccc2C(=O)OCC(=O)N2CCOC2=O)no1. The highest BCUT2D eigenvalue weighted by molar-refractivity contribution is 7.98. The number of cyclic esters (lactones) is 1. The van der Waals surface area contributed by atoms with Crippen LogP contribution in [0.1, 0.15) is 21.8 Å². The van der Waals surface area contributed by atoms with Gasteiger partial charge in [-0.05, 0) is 19.1 Å². The van der Waals surface area contributed by atoms with Gasteiger partial charge in [-0.1, -0.05) is 16.9 Å². The number of esters is 1. The number of rotatable bonds is 6. The summed E-state index contributed by atoms with van der Waals surface area (Å²) in [5.74, 6) is -0.164. The molecule has 2 aromatic heterocycles. The van der Waals surface area contributed by atoms with Crippen molar-refractivity contribution >= 4 is 29.7 Å². The zero-order valence-electron chi connectivity index (χ0n) is 13.8. The van der Waals surface area contributed by atoms with E-state index in [2.05, 4.69) is 14.9 Å². The lowest BCUT2D eigenvalue weighted by Gasteiger charge is -2.11. The monoisotopic (exact) mass is 377 g/mol. The molecule has 0 bridgehead atoms. The zero-order chi connectivity index (χ0) is 18.5. The van der Waals surface area contributed by atoms with Crippen LogP contribution in [0, 0.1) is 6.92 Å². The summed E-state index contributed by atoms with van der Waals surface area (Å²) in [6.07, 6.45) is 0.824. The molecule has 136 valence electrons. The predicted molar refractivity (Wildman–Crippen MR) is 88.4 cm³/mol. The molecule has 9 nitrogen and oxygen atoms in total. The smallest absolute Gasteiger partial charge is 0.416 e. The summed E-state index contributed by atoms with van der Waals surface area (Å²) in [6, 6.07) is 4.95. The van der Waals surface area contributed by atoms with E-state index < -0.39 is 24.6 Å². The van der Waals surface area contributed by atoms with Gasteiger partial charge < -0.3 is 14.0 Å². The number of carbonyl (C=O) groups is 3. The lowest BCUT2D eigenvalue weighted by molar-refractivity contribution is -0.131. The third-order valence-corrected chi connectivity index (χ3v) is 4.45. The maximum Gasteiger partial charge on any atom is 0.416 e. The summed E-state index contributed by atoms with van der Waals surface area (Å²) in [5, 5.41) is 4.33. The van der Waals surface area contributed by atoms with Crippen LogP contribution in [0.15, 0.2) is 33.9 Å². The van der Waals surface area contributed by atoms with Crippen LogP contribution >= 0.6 is 11.8 Å². The van der Waals surface area contributed by atoms with Gasteiger partial charge in [-0.25, -0.2) is 19.5 Å². The summed E-state index contributed by atoms with van der Waals surface area (Å²) < 4.78 is 14.7. The molecule has 0 radical (unpaired) electrons. The van der Waals surface area contributed by atoms with Gasteiger partial charge in [0.25, 0.3) is 5.91 Å². The molecule has 0 aliphatic carbocycles. The maximum atomic E-state index is 12.3. The third-order valence-electron chi connectivity index (χ3n) is 3.41. The predicted octanol–water partition coefficient (Wildman–Crippen LogP) is 1.81. The van der Waals surface area contributed by atoms with Crippen molar-refractivity contribution < 1.29 is 28.4 Å². The largest absolute Gasteiger partial charge is 0.452 e. The number of hydrogen-bond acceptors (Lipinski definition) is 9. The van der Waals surface area contributed by atoms with Crippen molar-refractivity contribution in [2.75, 3.05) is 19.8 Å². The van der Waals surface area contributed by atoms with Crippen LogP contribution in [0.5, 0.6) is 0 Å². The van der Waals surface area contributed by atoms with Crippen LogP contribution in [0.4, 0.5) is 4.79 Å². The highest BCUT2D eigenvalue weighted by Gasteiger charge is 2.29. The Labute approximate surface area is 152 Å². The second kappa shape index (κ2) is 8.00. The number of amides is 2. The molecule has 0 atom stereocenters. The molecular weight excluding hydrogens is 362 g/mol. The zero-order valence-corrected chi connectivity index (χ0v) is 14.7. The number of imide groups is 1. The van der Waals surface area contributed by atoms with Gasteiger partial charge in [0.15, 0.2) is 6.61 Å². The molecule has 1 saturated heterocycles. The minimum Gasteiger partial charge on any atom is -0.452 e. The Hall–Kier alpha value is -2.88. The van der Waals surface area contributed by atoms with E-state index in [1.807, 2.05) is 0 Å². The molecular formula is C16H15N3O6S. The molecule has 1 fully saturated rings. The number of aryl methyl sites for hydroxylation is 1. The normalized spacial score (nSPS) is 13.6. The van der Waals surface area contributed by atoms with Crippen molar-refractivity contribution in [1.29, 1.82) is 0 Å². The average Bonchev–Trinajstić information content (AvgIpc) is 3.26.